The number of rotatable bonds is 0. The molecule has 92 valence electrons. The third-order valence-corrected chi connectivity index (χ3v) is 3.41. The maximum absolute atomic E-state index is 9.12. The monoisotopic (exact) mass is 248 g/mol. The van der Waals surface area contributed by atoms with Crippen LogP contribution in [0.5, 0.6) is 0 Å². The SMILES string of the molecule is N#Cc1c(N)c2cccc3ccc(N)c-3cc-2c1N. The van der Waals surface area contributed by atoms with E-state index in [2.05, 4.69) is 0 Å². The second-order valence-corrected chi connectivity index (χ2v) is 4.47. The molecule has 0 saturated heterocycles. The van der Waals surface area contributed by atoms with E-state index in [0.717, 1.165) is 22.3 Å². The summed E-state index contributed by atoms with van der Waals surface area (Å²) in [5.41, 5.74) is 23.3. The van der Waals surface area contributed by atoms with Gasteiger partial charge in [0, 0.05) is 22.4 Å². The quantitative estimate of drug-likeness (QED) is 0.568. The van der Waals surface area contributed by atoms with Gasteiger partial charge in [-0.2, -0.15) is 5.26 Å². The molecule has 3 rings (SSSR count). The van der Waals surface area contributed by atoms with E-state index in [4.69, 9.17) is 22.5 Å². The van der Waals surface area contributed by atoms with Crippen molar-refractivity contribution in [3.05, 3.63) is 42.0 Å². The second-order valence-electron chi connectivity index (χ2n) is 4.47. The Bertz CT molecular complexity index is 770. The predicted octanol–water partition coefficient (Wildman–Crippen LogP) is 2.51. The third kappa shape index (κ3) is 1.45. The first-order valence-electron chi connectivity index (χ1n) is 5.82. The van der Waals surface area contributed by atoms with E-state index in [1.54, 1.807) is 0 Å². The smallest absolute Gasteiger partial charge is 0.104 e. The van der Waals surface area contributed by atoms with Crippen molar-refractivity contribution < 1.29 is 0 Å². The minimum atomic E-state index is 0.333. The highest BCUT2D eigenvalue weighted by molar-refractivity contribution is 5.98. The lowest BCUT2D eigenvalue weighted by Crippen LogP contribution is -1.88. The molecule has 6 N–H and O–H groups in total. The molecule has 4 nitrogen and oxygen atoms in total. The van der Waals surface area contributed by atoms with Crippen LogP contribution in [0.1, 0.15) is 5.56 Å². The van der Waals surface area contributed by atoms with E-state index in [-0.39, 0.29) is 0 Å². The van der Waals surface area contributed by atoms with Gasteiger partial charge in [0.15, 0.2) is 0 Å². The van der Waals surface area contributed by atoms with Crippen LogP contribution in [0, 0.1) is 11.3 Å². The fraction of sp³-hybridized carbons (Fsp3) is 0. The Kier molecular flexibility index (Phi) is 2.23. The predicted molar refractivity (Wildman–Crippen MR) is 77.6 cm³/mol. The molecule has 0 unspecified atom stereocenters. The van der Waals surface area contributed by atoms with Crippen molar-refractivity contribution in [3.63, 3.8) is 0 Å². The summed E-state index contributed by atoms with van der Waals surface area (Å²) < 4.78 is 0. The van der Waals surface area contributed by atoms with Crippen LogP contribution in [-0.2, 0) is 0 Å². The van der Waals surface area contributed by atoms with Gasteiger partial charge >= 0.3 is 0 Å². The van der Waals surface area contributed by atoms with Crippen molar-refractivity contribution in [2.45, 2.75) is 0 Å². The molecule has 0 aromatic carbocycles. The van der Waals surface area contributed by atoms with E-state index < -0.39 is 0 Å². The molecule has 0 saturated carbocycles. The molecule has 0 heterocycles. The van der Waals surface area contributed by atoms with Gasteiger partial charge in [0.1, 0.15) is 6.07 Å². The van der Waals surface area contributed by atoms with Gasteiger partial charge in [-0.25, -0.2) is 0 Å². The molecular formula is C15H12N4. The van der Waals surface area contributed by atoms with Gasteiger partial charge in [-0.05, 0) is 17.7 Å². The van der Waals surface area contributed by atoms with Crippen molar-refractivity contribution in [1.29, 1.82) is 5.26 Å². The molecule has 0 aromatic heterocycles. The van der Waals surface area contributed by atoms with Gasteiger partial charge in [0.05, 0.1) is 16.9 Å². The van der Waals surface area contributed by atoms with Crippen molar-refractivity contribution in [2.24, 2.45) is 0 Å². The number of fused-ring (bicyclic) bond motifs is 2. The van der Waals surface area contributed by atoms with Gasteiger partial charge in [-0.1, -0.05) is 24.3 Å². The van der Waals surface area contributed by atoms with Gasteiger partial charge in [-0.15, -0.1) is 0 Å². The zero-order valence-corrected chi connectivity index (χ0v) is 10.1. The number of hydrogen-bond acceptors (Lipinski definition) is 4. The summed E-state index contributed by atoms with van der Waals surface area (Å²) in [6, 6.07) is 13.5. The fourth-order valence-electron chi connectivity index (χ4n) is 2.39. The number of nitrogens with zero attached hydrogens (tertiary/aromatic N) is 1. The number of anilines is 3. The Balaban J connectivity index is 2.46. The molecule has 0 aromatic rings. The van der Waals surface area contributed by atoms with Crippen LogP contribution < -0.4 is 17.2 Å². The van der Waals surface area contributed by atoms with E-state index >= 15 is 0 Å². The third-order valence-electron chi connectivity index (χ3n) is 3.41. The Labute approximate surface area is 110 Å². The standard InChI is InChI=1S/C15H12N4/c16-7-12-14(18)9-3-1-2-8-4-5-13(17)10(8)6-11(9)15(12)19/h1-6H,17-19H2. The fourth-order valence-corrected chi connectivity index (χ4v) is 2.39. The average Bonchev–Trinajstić information content (AvgIpc) is 2.79. The average molecular weight is 248 g/mol. The van der Waals surface area contributed by atoms with Crippen molar-refractivity contribution >= 4 is 17.1 Å². The highest BCUT2D eigenvalue weighted by Crippen LogP contribution is 2.42. The summed E-state index contributed by atoms with van der Waals surface area (Å²) in [6.07, 6.45) is 0. The van der Waals surface area contributed by atoms with Crippen LogP contribution in [0.2, 0.25) is 0 Å². The Morgan fingerprint density at radius 3 is 2.32 bits per heavy atom. The lowest BCUT2D eigenvalue weighted by Gasteiger charge is -2.03. The number of nitrogens with two attached hydrogens (primary N) is 3. The van der Waals surface area contributed by atoms with Crippen molar-refractivity contribution in [3.8, 4) is 28.3 Å². The zero-order chi connectivity index (χ0) is 13.6. The molecule has 0 amide bonds. The molecule has 0 spiro atoms. The first kappa shape index (κ1) is 11.2. The first-order chi connectivity index (χ1) is 9.13. The van der Waals surface area contributed by atoms with Crippen LogP contribution in [0.3, 0.4) is 0 Å². The van der Waals surface area contributed by atoms with Crippen molar-refractivity contribution in [1.82, 2.24) is 0 Å². The summed E-state index contributed by atoms with van der Waals surface area (Å²) in [5.74, 6) is 0. The minimum absolute atomic E-state index is 0.333. The number of nitrogen functional groups attached to an aromatic ring is 3. The Hall–Kier alpha value is -2.93. The molecule has 4 heteroatoms. The number of hydrogen-bond donors (Lipinski definition) is 3. The molecule has 0 bridgehead atoms. The lowest BCUT2D eigenvalue weighted by atomic mass is 10.0. The number of nitriles is 1. The summed E-state index contributed by atoms with van der Waals surface area (Å²) in [5, 5.41) is 9.12. The summed E-state index contributed by atoms with van der Waals surface area (Å²) in [7, 11) is 0. The molecule has 3 aliphatic carbocycles. The van der Waals surface area contributed by atoms with Crippen molar-refractivity contribution in [2.75, 3.05) is 17.2 Å². The summed E-state index contributed by atoms with van der Waals surface area (Å²) in [6.45, 7) is 0. The van der Waals surface area contributed by atoms with Gasteiger partial charge in [0.2, 0.25) is 0 Å². The topological polar surface area (TPSA) is 102 Å². The highest BCUT2D eigenvalue weighted by atomic mass is 14.7. The molecule has 0 atom stereocenters. The van der Waals surface area contributed by atoms with Crippen LogP contribution in [0.25, 0.3) is 22.3 Å². The normalized spacial score (nSPS) is 10.7. The Morgan fingerprint density at radius 2 is 1.58 bits per heavy atom. The van der Waals surface area contributed by atoms with E-state index in [1.165, 1.54) is 0 Å². The first-order valence-corrected chi connectivity index (χ1v) is 5.82. The maximum atomic E-state index is 9.12. The minimum Gasteiger partial charge on any atom is -0.398 e. The summed E-state index contributed by atoms with van der Waals surface area (Å²) >= 11 is 0. The lowest BCUT2D eigenvalue weighted by molar-refractivity contribution is 1.51. The van der Waals surface area contributed by atoms with E-state index in [9.17, 15) is 0 Å². The zero-order valence-electron chi connectivity index (χ0n) is 10.1. The molecule has 0 fully saturated rings. The maximum Gasteiger partial charge on any atom is 0.104 e. The van der Waals surface area contributed by atoms with Gasteiger partial charge in [-0.3, -0.25) is 0 Å². The second kappa shape index (κ2) is 3.79. The van der Waals surface area contributed by atoms with Crippen LogP contribution in [-0.4, -0.2) is 0 Å². The highest BCUT2D eigenvalue weighted by Gasteiger charge is 2.19. The van der Waals surface area contributed by atoms with Crippen LogP contribution >= 0.6 is 0 Å². The molecule has 3 aliphatic rings. The van der Waals surface area contributed by atoms with Crippen LogP contribution in [0.4, 0.5) is 17.1 Å². The molecule has 0 aliphatic heterocycles. The van der Waals surface area contributed by atoms with Gasteiger partial charge in [0.25, 0.3) is 0 Å². The van der Waals surface area contributed by atoms with E-state index in [1.807, 2.05) is 42.5 Å². The Morgan fingerprint density at radius 1 is 0.842 bits per heavy atom. The van der Waals surface area contributed by atoms with E-state index in [0.29, 0.717) is 22.6 Å². The molecule has 0 radical (unpaired) electrons. The summed E-state index contributed by atoms with van der Waals surface area (Å²) in [4.78, 5) is 0. The molecule has 19 heavy (non-hydrogen) atoms. The largest absolute Gasteiger partial charge is 0.398 e. The molecular weight excluding hydrogens is 236 g/mol. The van der Waals surface area contributed by atoms with Crippen LogP contribution in [0.15, 0.2) is 36.4 Å². The van der Waals surface area contributed by atoms with Gasteiger partial charge < -0.3 is 17.2 Å².